The first-order valence-corrected chi connectivity index (χ1v) is 16.5. The molecule has 5 N–H and O–H groups in total. The van der Waals surface area contributed by atoms with E-state index < -0.39 is 72.1 Å². The highest BCUT2D eigenvalue weighted by Crippen LogP contribution is 2.16. The van der Waals surface area contributed by atoms with Crippen LogP contribution in [0, 0.1) is 0 Å². The Bertz CT molecular complexity index is 1510. The van der Waals surface area contributed by atoms with Gasteiger partial charge in [0.25, 0.3) is 11.8 Å². The maximum Gasteiger partial charge on any atom is 0.269 e. The minimum atomic E-state index is -3.18. The molecule has 53 heavy (non-hydrogen) atoms. The molecule has 0 fully saturated rings. The third-order valence-corrected chi connectivity index (χ3v) is 7.70. The summed E-state index contributed by atoms with van der Waals surface area (Å²) in [4.78, 5) is 84.2. The van der Waals surface area contributed by atoms with E-state index in [9.17, 15) is 64.4 Å². The first-order valence-electron chi connectivity index (χ1n) is 16.5. The predicted octanol–water partition coefficient (Wildman–Crippen LogP) is -2.08. The fourth-order valence-corrected chi connectivity index (χ4v) is 4.80. The van der Waals surface area contributed by atoms with Crippen LogP contribution in [0.4, 0.5) is 0 Å². The van der Waals surface area contributed by atoms with Crippen molar-refractivity contribution in [3.8, 4) is 0 Å². The lowest BCUT2D eigenvalue weighted by Gasteiger charge is -2.30. The lowest BCUT2D eigenvalue weighted by atomic mass is 9.94. The molecule has 0 aliphatic rings. The number of benzene rings is 2. The standard InChI is InChI=1S/C36H44N4O13/c41-29(37-27(33(45)46)15-7-9-21-39(52)31(43)19-17-25-11-3-1-4-12-25)23-36(51,35(49)50)24-30(42)38-28(34(47)48)16-8-10-22-40(53)32(44)20-18-26-13-5-2-6-14-26/h1-6,11-14,17-20,27-28,51-53H,7-10,15-16,21-24H2,(H,37,41)(H,38,42)(H,45,46)(H,47,48)(H,49,50)/p-3/b19-17+,20-18+/t27-,28-/m0/s1. The van der Waals surface area contributed by atoms with Gasteiger partial charge in [0.1, 0.15) is 5.60 Å². The maximum atomic E-state index is 12.6. The average molecular weight is 738 g/mol. The van der Waals surface area contributed by atoms with Crippen molar-refractivity contribution in [1.82, 2.24) is 20.8 Å². The molecule has 0 heterocycles. The van der Waals surface area contributed by atoms with E-state index in [1.807, 2.05) is 10.6 Å². The van der Waals surface area contributed by atoms with E-state index in [2.05, 4.69) is 0 Å². The van der Waals surface area contributed by atoms with Gasteiger partial charge >= 0.3 is 0 Å². The molecule has 0 aliphatic heterocycles. The SMILES string of the molecule is O=C(CC(O)(CC(=O)N[C@@H](CCCCN(O)C(=O)/C=C/c1ccccc1)C(=O)[O-])C(=O)[O-])N[C@@H](CCCCN(O)C(=O)/C=C/c1ccccc1)C(=O)[O-]. The zero-order valence-electron chi connectivity index (χ0n) is 28.6. The van der Waals surface area contributed by atoms with E-state index in [-0.39, 0.29) is 51.6 Å². The third-order valence-electron chi connectivity index (χ3n) is 7.70. The summed E-state index contributed by atoms with van der Waals surface area (Å²) in [7, 11) is 0. The second kappa shape index (κ2) is 22.1. The Morgan fingerprint density at radius 2 is 0.981 bits per heavy atom. The lowest BCUT2D eigenvalue weighted by Crippen LogP contribution is -2.56. The molecule has 0 saturated carbocycles. The highest BCUT2D eigenvalue weighted by Gasteiger charge is 2.36. The van der Waals surface area contributed by atoms with Gasteiger partial charge in [0.2, 0.25) is 11.8 Å². The molecule has 2 atom stereocenters. The monoisotopic (exact) mass is 737 g/mol. The first kappa shape index (κ1) is 43.3. The highest BCUT2D eigenvalue weighted by atomic mass is 16.5. The molecule has 4 amide bonds. The van der Waals surface area contributed by atoms with Crippen LogP contribution in [0.2, 0.25) is 0 Å². The van der Waals surface area contributed by atoms with Gasteiger partial charge in [-0.2, -0.15) is 0 Å². The van der Waals surface area contributed by atoms with Crippen LogP contribution in [0.15, 0.2) is 72.8 Å². The predicted molar refractivity (Wildman–Crippen MR) is 179 cm³/mol. The summed E-state index contributed by atoms with van der Waals surface area (Å²) >= 11 is 0. The number of aliphatic hydroxyl groups is 1. The molecule has 2 rings (SSSR count). The maximum absolute atomic E-state index is 12.6. The summed E-state index contributed by atoms with van der Waals surface area (Å²) in [6, 6.07) is 14.2. The summed E-state index contributed by atoms with van der Waals surface area (Å²) in [5, 5.41) is 70.2. The van der Waals surface area contributed by atoms with Crippen LogP contribution in [0.3, 0.4) is 0 Å². The largest absolute Gasteiger partial charge is 0.548 e. The first-order chi connectivity index (χ1) is 25.1. The van der Waals surface area contributed by atoms with Crippen molar-refractivity contribution in [2.75, 3.05) is 13.1 Å². The number of hydroxylamine groups is 4. The van der Waals surface area contributed by atoms with Crippen LogP contribution in [0.25, 0.3) is 12.2 Å². The Labute approximate surface area is 304 Å². The molecule has 17 heteroatoms. The molecule has 0 radical (unpaired) electrons. The second-order valence-corrected chi connectivity index (χ2v) is 12.0. The van der Waals surface area contributed by atoms with Crippen LogP contribution >= 0.6 is 0 Å². The van der Waals surface area contributed by atoms with Gasteiger partial charge in [0, 0.05) is 25.2 Å². The van der Waals surface area contributed by atoms with Crippen LogP contribution in [0.1, 0.15) is 62.5 Å². The number of aliphatic carboxylic acids is 3. The zero-order valence-corrected chi connectivity index (χ0v) is 28.6. The number of carboxylic acids is 3. The number of hydrogen-bond acceptors (Lipinski definition) is 13. The summed E-state index contributed by atoms with van der Waals surface area (Å²) in [5.41, 5.74) is -1.75. The zero-order chi connectivity index (χ0) is 39.4. The quantitative estimate of drug-likeness (QED) is 0.0355. The van der Waals surface area contributed by atoms with Gasteiger partial charge in [0.05, 0.1) is 42.8 Å². The Kier molecular flexibility index (Phi) is 18.1. The van der Waals surface area contributed by atoms with E-state index in [0.29, 0.717) is 10.1 Å². The fraction of sp³-hybridized carbons (Fsp3) is 0.361. The Morgan fingerprint density at radius 3 is 1.30 bits per heavy atom. The van der Waals surface area contributed by atoms with Crippen LogP contribution in [-0.4, -0.2) is 98.0 Å². The van der Waals surface area contributed by atoms with Crippen molar-refractivity contribution in [2.45, 2.75) is 69.1 Å². The normalized spacial score (nSPS) is 12.5. The minimum Gasteiger partial charge on any atom is -0.548 e. The molecular formula is C36H41N4O13-3. The Hall–Kier alpha value is -5.91. The van der Waals surface area contributed by atoms with Crippen molar-refractivity contribution < 1.29 is 64.4 Å². The minimum absolute atomic E-state index is 0.0430. The molecule has 0 aromatic heterocycles. The van der Waals surface area contributed by atoms with Crippen LogP contribution < -0.4 is 26.0 Å². The molecule has 0 spiro atoms. The van der Waals surface area contributed by atoms with Gasteiger partial charge in [-0.05, 0) is 61.8 Å². The Morgan fingerprint density at radius 1 is 0.623 bits per heavy atom. The van der Waals surface area contributed by atoms with Crippen molar-refractivity contribution in [3.05, 3.63) is 83.9 Å². The van der Waals surface area contributed by atoms with E-state index in [1.165, 1.54) is 12.2 Å². The molecule has 2 aromatic rings. The number of nitrogens with one attached hydrogen (secondary N) is 2. The van der Waals surface area contributed by atoms with Gasteiger partial charge in [0.15, 0.2) is 0 Å². The van der Waals surface area contributed by atoms with Gasteiger partial charge in [-0.15, -0.1) is 0 Å². The smallest absolute Gasteiger partial charge is 0.269 e. The number of nitrogens with zero attached hydrogens (tertiary/aromatic N) is 2. The van der Waals surface area contributed by atoms with Gasteiger partial charge in [-0.3, -0.25) is 29.6 Å². The fourth-order valence-electron chi connectivity index (χ4n) is 4.80. The van der Waals surface area contributed by atoms with E-state index in [0.717, 1.165) is 23.3 Å². The second-order valence-electron chi connectivity index (χ2n) is 12.0. The molecule has 0 saturated heterocycles. The van der Waals surface area contributed by atoms with E-state index in [1.54, 1.807) is 60.7 Å². The van der Waals surface area contributed by atoms with Crippen molar-refractivity contribution in [3.63, 3.8) is 0 Å². The number of amides is 4. The molecule has 0 bridgehead atoms. The summed E-state index contributed by atoms with van der Waals surface area (Å²) in [6.45, 7) is -0.380. The van der Waals surface area contributed by atoms with Gasteiger partial charge in [-0.1, -0.05) is 60.7 Å². The highest BCUT2D eigenvalue weighted by molar-refractivity contribution is 5.93. The molecule has 2 aromatic carbocycles. The number of carbonyl (C=O) groups is 7. The molecule has 17 nitrogen and oxygen atoms in total. The molecular weight excluding hydrogens is 696 g/mol. The topological polar surface area (TPSA) is 280 Å². The van der Waals surface area contributed by atoms with Gasteiger partial charge in [-0.25, -0.2) is 10.1 Å². The van der Waals surface area contributed by atoms with Gasteiger partial charge < -0.3 is 45.4 Å². The molecule has 0 aliphatic carbocycles. The number of rotatable bonds is 23. The number of hydrogen-bond donors (Lipinski definition) is 5. The van der Waals surface area contributed by atoms with Crippen molar-refractivity contribution in [2.24, 2.45) is 0 Å². The average Bonchev–Trinajstić information content (AvgIpc) is 3.12. The summed E-state index contributed by atoms with van der Waals surface area (Å²) in [5.74, 6) is -9.89. The third kappa shape index (κ3) is 16.3. The lowest BCUT2D eigenvalue weighted by molar-refractivity contribution is -0.324. The number of carbonyl (C=O) groups excluding carboxylic acids is 7. The van der Waals surface area contributed by atoms with Crippen LogP contribution in [-0.2, 0) is 33.6 Å². The summed E-state index contributed by atoms with van der Waals surface area (Å²) in [6.07, 6.45) is 2.25. The summed E-state index contributed by atoms with van der Waals surface area (Å²) < 4.78 is 0. The number of carboxylic acid groups (broad SMARTS) is 3. The Balaban J connectivity index is 1.82. The number of unbranched alkanes of at least 4 members (excludes halogenated alkanes) is 2. The van der Waals surface area contributed by atoms with E-state index in [4.69, 9.17) is 0 Å². The van der Waals surface area contributed by atoms with Crippen molar-refractivity contribution >= 4 is 53.7 Å². The van der Waals surface area contributed by atoms with Crippen molar-refractivity contribution in [1.29, 1.82) is 0 Å². The van der Waals surface area contributed by atoms with E-state index >= 15 is 0 Å². The van der Waals surface area contributed by atoms with Crippen LogP contribution in [0.5, 0.6) is 0 Å². The molecule has 0 unspecified atom stereocenters. The molecule has 286 valence electrons.